The number of hydrogen-bond donors (Lipinski definition) is 1. The quantitative estimate of drug-likeness (QED) is 0.311. The smallest absolute Gasteiger partial charge is 0.433 e. The van der Waals surface area contributed by atoms with Gasteiger partial charge in [-0.05, 0) is 13.3 Å². The maximum Gasteiger partial charge on any atom is 0.433 e. The van der Waals surface area contributed by atoms with Crippen LogP contribution in [0.2, 0.25) is 0 Å². The summed E-state index contributed by atoms with van der Waals surface area (Å²) in [6.07, 6.45) is -0.247. The first kappa shape index (κ1) is 12.7. The first-order chi connectivity index (χ1) is 6.57. The Morgan fingerprint density at radius 2 is 2.00 bits per heavy atom. The Hall–Kier alpha value is -1.30. The molecule has 0 aliphatic carbocycles. The zero-order chi connectivity index (χ0) is 11.0. The van der Waals surface area contributed by atoms with E-state index < -0.39 is 6.09 Å². The van der Waals surface area contributed by atoms with Crippen LogP contribution in [0.4, 0.5) is 4.79 Å². The number of carbonyl (C=O) groups is 2. The molecular formula is C8H15NO5. The predicted octanol–water partition coefficient (Wildman–Crippen LogP) is 0.787. The normalized spacial score (nSPS) is 9.36. The summed E-state index contributed by atoms with van der Waals surface area (Å²) in [5.41, 5.74) is 0. The van der Waals surface area contributed by atoms with Crippen LogP contribution in [-0.2, 0) is 14.3 Å². The van der Waals surface area contributed by atoms with Gasteiger partial charge in [0.25, 0.3) is 0 Å². The molecule has 1 N–H and O–H groups in total. The maximum atomic E-state index is 10.8. The fourth-order valence-electron chi connectivity index (χ4n) is 0.703. The van der Waals surface area contributed by atoms with Gasteiger partial charge in [0.05, 0.1) is 13.2 Å². The van der Waals surface area contributed by atoms with Crippen molar-refractivity contribution < 1.29 is 24.3 Å². The first-order valence-corrected chi connectivity index (χ1v) is 4.33. The average molecular weight is 205 g/mol. The summed E-state index contributed by atoms with van der Waals surface area (Å²) in [5, 5.41) is 8.92. The van der Waals surface area contributed by atoms with Crippen LogP contribution in [0, 0.1) is 0 Å². The van der Waals surface area contributed by atoms with Crippen molar-refractivity contribution in [3.63, 3.8) is 0 Å². The third kappa shape index (κ3) is 6.24. The lowest BCUT2D eigenvalue weighted by Crippen LogP contribution is -2.24. The van der Waals surface area contributed by atoms with E-state index in [1.54, 1.807) is 6.92 Å². The zero-order valence-corrected chi connectivity index (χ0v) is 8.36. The number of rotatable bonds is 5. The zero-order valence-electron chi connectivity index (χ0n) is 8.36. The number of nitrogens with zero attached hydrogens (tertiary/aromatic N) is 1. The molecule has 0 fully saturated rings. The molecular weight excluding hydrogens is 190 g/mol. The monoisotopic (exact) mass is 205 g/mol. The van der Waals surface area contributed by atoms with Crippen molar-refractivity contribution in [3.8, 4) is 0 Å². The molecule has 0 bridgehead atoms. The van der Waals surface area contributed by atoms with E-state index in [9.17, 15) is 9.59 Å². The van der Waals surface area contributed by atoms with Crippen LogP contribution in [0.5, 0.6) is 0 Å². The molecule has 0 atom stereocenters. The molecule has 0 saturated carbocycles. The number of ether oxygens (including phenoxy) is 2. The molecule has 0 rings (SSSR count). The summed E-state index contributed by atoms with van der Waals surface area (Å²) in [6.45, 7) is 2.15. The third-order valence-electron chi connectivity index (χ3n) is 1.32. The fraction of sp³-hybridized carbons (Fsp3) is 0.750. The Kier molecular flexibility index (Phi) is 6.47. The van der Waals surface area contributed by atoms with Crippen molar-refractivity contribution in [2.45, 2.75) is 19.8 Å². The molecule has 0 unspecified atom stereocenters. The SMILES string of the molecule is CCOC(=O)CCCOC(=O)N(C)O. The highest BCUT2D eigenvalue weighted by molar-refractivity contribution is 5.69. The molecule has 1 amide bonds. The van der Waals surface area contributed by atoms with Gasteiger partial charge < -0.3 is 9.47 Å². The third-order valence-corrected chi connectivity index (χ3v) is 1.32. The molecule has 0 radical (unpaired) electrons. The minimum Gasteiger partial charge on any atom is -0.466 e. The van der Waals surface area contributed by atoms with Crippen molar-refractivity contribution in [2.24, 2.45) is 0 Å². The molecule has 82 valence electrons. The Labute approximate surface area is 82.4 Å². The van der Waals surface area contributed by atoms with Crippen molar-refractivity contribution in [2.75, 3.05) is 20.3 Å². The van der Waals surface area contributed by atoms with Gasteiger partial charge in [-0.25, -0.2) is 4.79 Å². The Morgan fingerprint density at radius 3 is 2.50 bits per heavy atom. The summed E-state index contributed by atoms with van der Waals surface area (Å²) >= 11 is 0. The number of hydroxylamine groups is 2. The fourth-order valence-corrected chi connectivity index (χ4v) is 0.703. The van der Waals surface area contributed by atoms with E-state index in [1.165, 1.54) is 0 Å². The van der Waals surface area contributed by atoms with E-state index in [0.29, 0.717) is 18.1 Å². The van der Waals surface area contributed by atoms with Gasteiger partial charge >= 0.3 is 12.1 Å². The standard InChI is InChI=1S/C8H15NO5/c1-3-13-7(10)5-4-6-14-8(11)9(2)12/h12H,3-6H2,1-2H3. The number of carbonyl (C=O) groups excluding carboxylic acids is 2. The van der Waals surface area contributed by atoms with E-state index in [4.69, 9.17) is 5.21 Å². The van der Waals surface area contributed by atoms with Crippen LogP contribution in [0.15, 0.2) is 0 Å². The molecule has 0 aromatic carbocycles. The molecule has 0 spiro atoms. The largest absolute Gasteiger partial charge is 0.466 e. The van der Waals surface area contributed by atoms with E-state index in [1.807, 2.05) is 0 Å². The second-order valence-electron chi connectivity index (χ2n) is 2.55. The number of esters is 1. The van der Waals surface area contributed by atoms with Gasteiger partial charge in [0.15, 0.2) is 0 Å². The molecule has 0 saturated heterocycles. The van der Waals surface area contributed by atoms with Crippen molar-refractivity contribution in [1.82, 2.24) is 5.06 Å². The van der Waals surface area contributed by atoms with Gasteiger partial charge in [-0.2, -0.15) is 5.06 Å². The molecule has 14 heavy (non-hydrogen) atoms. The van der Waals surface area contributed by atoms with Gasteiger partial charge in [0.2, 0.25) is 0 Å². The highest BCUT2D eigenvalue weighted by Gasteiger charge is 2.07. The highest BCUT2D eigenvalue weighted by atomic mass is 16.6. The van der Waals surface area contributed by atoms with Crippen LogP contribution in [-0.4, -0.2) is 42.6 Å². The number of amides is 1. The summed E-state index contributed by atoms with van der Waals surface area (Å²) in [7, 11) is 1.16. The van der Waals surface area contributed by atoms with Crippen molar-refractivity contribution >= 4 is 12.1 Å². The maximum absolute atomic E-state index is 10.8. The molecule has 0 aromatic rings. The Bertz CT molecular complexity index is 192. The first-order valence-electron chi connectivity index (χ1n) is 4.33. The van der Waals surface area contributed by atoms with Crippen LogP contribution in [0.1, 0.15) is 19.8 Å². The van der Waals surface area contributed by atoms with Crippen LogP contribution >= 0.6 is 0 Å². The minimum absolute atomic E-state index is 0.0859. The van der Waals surface area contributed by atoms with Crippen LogP contribution in [0.25, 0.3) is 0 Å². The summed E-state index contributed by atoms with van der Waals surface area (Å²) in [4.78, 5) is 21.4. The summed E-state index contributed by atoms with van der Waals surface area (Å²) < 4.78 is 9.22. The molecule has 6 heteroatoms. The van der Waals surface area contributed by atoms with Crippen LogP contribution in [0.3, 0.4) is 0 Å². The topological polar surface area (TPSA) is 76.1 Å². The second-order valence-corrected chi connectivity index (χ2v) is 2.55. The van der Waals surface area contributed by atoms with Crippen LogP contribution < -0.4 is 0 Å². The van der Waals surface area contributed by atoms with E-state index in [2.05, 4.69) is 9.47 Å². The summed E-state index contributed by atoms with van der Waals surface area (Å²) in [6, 6.07) is 0. The lowest BCUT2D eigenvalue weighted by Gasteiger charge is -2.08. The second kappa shape index (κ2) is 7.14. The van der Waals surface area contributed by atoms with Gasteiger partial charge in [0.1, 0.15) is 0 Å². The van der Waals surface area contributed by atoms with E-state index in [0.717, 1.165) is 7.05 Å². The average Bonchev–Trinajstić information content (AvgIpc) is 2.12. The van der Waals surface area contributed by atoms with Gasteiger partial charge in [0, 0.05) is 13.5 Å². The Morgan fingerprint density at radius 1 is 1.36 bits per heavy atom. The van der Waals surface area contributed by atoms with E-state index in [-0.39, 0.29) is 19.0 Å². The molecule has 6 nitrogen and oxygen atoms in total. The predicted molar refractivity (Wildman–Crippen MR) is 46.8 cm³/mol. The molecule has 0 aliphatic rings. The number of hydrogen-bond acceptors (Lipinski definition) is 5. The van der Waals surface area contributed by atoms with E-state index >= 15 is 0 Å². The lowest BCUT2D eigenvalue weighted by atomic mass is 10.3. The summed E-state index contributed by atoms with van der Waals surface area (Å²) in [5.74, 6) is -0.319. The minimum atomic E-state index is -0.839. The lowest BCUT2D eigenvalue weighted by molar-refractivity contribution is -0.143. The molecule has 0 heterocycles. The van der Waals surface area contributed by atoms with Gasteiger partial charge in [-0.1, -0.05) is 0 Å². The van der Waals surface area contributed by atoms with Crippen molar-refractivity contribution in [3.05, 3.63) is 0 Å². The Balaban J connectivity index is 3.38. The molecule has 0 aliphatic heterocycles. The van der Waals surface area contributed by atoms with Crippen molar-refractivity contribution in [1.29, 1.82) is 0 Å². The van der Waals surface area contributed by atoms with Gasteiger partial charge in [-0.15, -0.1) is 0 Å². The molecule has 0 aromatic heterocycles. The van der Waals surface area contributed by atoms with Gasteiger partial charge in [-0.3, -0.25) is 10.0 Å². The highest BCUT2D eigenvalue weighted by Crippen LogP contribution is 1.95.